The van der Waals surface area contributed by atoms with Gasteiger partial charge in [0.1, 0.15) is 5.82 Å². The van der Waals surface area contributed by atoms with Gasteiger partial charge in [-0.05, 0) is 25.0 Å². The van der Waals surface area contributed by atoms with Crippen LogP contribution in [0.2, 0.25) is 0 Å². The topological polar surface area (TPSA) is 52.5 Å². The van der Waals surface area contributed by atoms with Crippen LogP contribution >= 0.6 is 0 Å². The number of aryl methyl sites for hydroxylation is 1. The fraction of sp³-hybridized carbons (Fsp3) is 0.143. The highest BCUT2D eigenvalue weighted by atomic mass is 14.9. The number of hydrogen-bond donors (Lipinski definition) is 2. The van der Waals surface area contributed by atoms with Crippen molar-refractivity contribution in [1.29, 1.82) is 5.41 Å². The van der Waals surface area contributed by atoms with Crippen LogP contribution in [0, 0.1) is 12.3 Å². The molecule has 0 aromatic carbocycles. The molecule has 0 aliphatic rings. The summed E-state index contributed by atoms with van der Waals surface area (Å²) in [5, 5.41) is 7.28. The molecule has 0 radical (unpaired) electrons. The summed E-state index contributed by atoms with van der Waals surface area (Å²) in [5.41, 5.74) is 3.30. The lowest BCUT2D eigenvalue weighted by atomic mass is 9.99. The van der Waals surface area contributed by atoms with Gasteiger partial charge in [-0.2, -0.15) is 0 Å². The third-order valence-corrected chi connectivity index (χ3v) is 2.34. The van der Waals surface area contributed by atoms with E-state index in [9.17, 15) is 0 Å². The molecule has 0 saturated heterocycles. The fourth-order valence-corrected chi connectivity index (χ4v) is 1.54. The number of rotatable bonds is 5. The second kappa shape index (κ2) is 5.80. The van der Waals surface area contributed by atoms with Gasteiger partial charge in [-0.15, -0.1) is 0 Å². The molecule has 0 bridgehead atoms. The molecule has 2 N–H and O–H groups in total. The van der Waals surface area contributed by atoms with Gasteiger partial charge < -0.3 is 10.4 Å². The normalized spacial score (nSPS) is 12.4. The van der Waals surface area contributed by atoms with Crippen molar-refractivity contribution in [2.75, 3.05) is 0 Å². The second-order valence-electron chi connectivity index (χ2n) is 3.58. The molecule has 0 aliphatic carbocycles. The van der Waals surface area contributed by atoms with Crippen LogP contribution in [-0.2, 0) is 0 Å². The summed E-state index contributed by atoms with van der Waals surface area (Å²) < 4.78 is 0. The van der Waals surface area contributed by atoms with Gasteiger partial charge in [-0.1, -0.05) is 31.4 Å². The molecular formula is C14H17N3. The van der Waals surface area contributed by atoms with E-state index in [-0.39, 0.29) is 0 Å². The number of aromatic amines is 1. The van der Waals surface area contributed by atoms with Gasteiger partial charge in [0.15, 0.2) is 0 Å². The van der Waals surface area contributed by atoms with Gasteiger partial charge in [0.25, 0.3) is 0 Å². The number of aromatic nitrogens is 2. The van der Waals surface area contributed by atoms with Gasteiger partial charge >= 0.3 is 0 Å². The molecule has 17 heavy (non-hydrogen) atoms. The maximum absolute atomic E-state index is 7.28. The van der Waals surface area contributed by atoms with Crippen molar-refractivity contribution in [3.05, 3.63) is 60.2 Å². The standard InChI is InChI=1S/C14H17N3/c1-5-7-13(12(6-2)10(3)8-15)14-9-16-11(4)17-14/h5-9,15H,2-3H2,1,4H3,(H,16,17)/b7-5-,13-12+,15-8?. The smallest absolute Gasteiger partial charge is 0.103 e. The first-order valence-electron chi connectivity index (χ1n) is 5.35. The van der Waals surface area contributed by atoms with Crippen LogP contribution in [0.25, 0.3) is 5.57 Å². The third-order valence-electron chi connectivity index (χ3n) is 2.34. The highest BCUT2D eigenvalue weighted by molar-refractivity contribution is 5.91. The van der Waals surface area contributed by atoms with Crippen LogP contribution in [0.1, 0.15) is 18.4 Å². The Labute approximate surface area is 102 Å². The maximum atomic E-state index is 7.28. The summed E-state index contributed by atoms with van der Waals surface area (Å²) in [6, 6.07) is 0. The van der Waals surface area contributed by atoms with E-state index in [1.807, 2.05) is 26.0 Å². The number of allylic oxidation sites excluding steroid dienone is 6. The zero-order valence-corrected chi connectivity index (χ0v) is 10.2. The van der Waals surface area contributed by atoms with Crippen molar-refractivity contribution < 1.29 is 0 Å². The average molecular weight is 227 g/mol. The van der Waals surface area contributed by atoms with E-state index in [0.717, 1.165) is 22.7 Å². The molecule has 0 saturated carbocycles. The molecule has 3 nitrogen and oxygen atoms in total. The monoisotopic (exact) mass is 227 g/mol. The number of H-pyrrole nitrogens is 1. The summed E-state index contributed by atoms with van der Waals surface area (Å²) in [6.45, 7) is 11.5. The van der Waals surface area contributed by atoms with E-state index >= 15 is 0 Å². The predicted molar refractivity (Wildman–Crippen MR) is 73.2 cm³/mol. The first-order valence-corrected chi connectivity index (χ1v) is 5.35. The van der Waals surface area contributed by atoms with Crippen molar-refractivity contribution >= 4 is 11.8 Å². The second-order valence-corrected chi connectivity index (χ2v) is 3.58. The van der Waals surface area contributed by atoms with Crippen molar-refractivity contribution in [3.63, 3.8) is 0 Å². The molecule has 0 spiro atoms. The molecular weight excluding hydrogens is 210 g/mol. The Hall–Kier alpha value is -2.16. The summed E-state index contributed by atoms with van der Waals surface area (Å²) in [5.74, 6) is 0.853. The van der Waals surface area contributed by atoms with E-state index in [4.69, 9.17) is 5.41 Å². The Bertz CT molecular complexity index is 501. The molecule has 0 aliphatic heterocycles. The van der Waals surface area contributed by atoms with Crippen LogP contribution in [0.5, 0.6) is 0 Å². The maximum Gasteiger partial charge on any atom is 0.103 e. The van der Waals surface area contributed by atoms with Gasteiger partial charge in [-0.25, -0.2) is 4.98 Å². The molecule has 1 aromatic heterocycles. The number of imidazole rings is 1. The molecule has 88 valence electrons. The first-order chi connectivity index (χ1) is 8.13. The van der Waals surface area contributed by atoms with Crippen LogP contribution in [0.15, 0.2) is 48.7 Å². The Morgan fingerprint density at radius 3 is 2.65 bits per heavy atom. The summed E-state index contributed by atoms with van der Waals surface area (Å²) in [4.78, 5) is 7.35. The van der Waals surface area contributed by atoms with Crippen LogP contribution in [-0.4, -0.2) is 16.2 Å². The van der Waals surface area contributed by atoms with E-state index < -0.39 is 0 Å². The van der Waals surface area contributed by atoms with Crippen molar-refractivity contribution in [2.45, 2.75) is 13.8 Å². The third kappa shape index (κ3) is 2.91. The molecule has 3 heteroatoms. The molecule has 1 rings (SSSR count). The van der Waals surface area contributed by atoms with Crippen molar-refractivity contribution in [3.8, 4) is 0 Å². The van der Waals surface area contributed by atoms with Gasteiger partial charge in [-0.3, -0.25) is 0 Å². The fourth-order valence-electron chi connectivity index (χ4n) is 1.54. The van der Waals surface area contributed by atoms with Crippen LogP contribution in [0.4, 0.5) is 0 Å². The lowest BCUT2D eigenvalue weighted by Crippen LogP contribution is -1.92. The lowest BCUT2D eigenvalue weighted by molar-refractivity contribution is 1.14. The molecule has 1 aromatic rings. The quantitative estimate of drug-likeness (QED) is 0.587. The Morgan fingerprint density at radius 1 is 1.53 bits per heavy atom. The van der Waals surface area contributed by atoms with Crippen LogP contribution < -0.4 is 0 Å². The Balaban J connectivity index is 3.42. The largest absolute Gasteiger partial charge is 0.342 e. The minimum Gasteiger partial charge on any atom is -0.342 e. The average Bonchev–Trinajstić information content (AvgIpc) is 2.75. The first kappa shape index (κ1) is 12.9. The zero-order chi connectivity index (χ0) is 12.8. The molecule has 0 atom stereocenters. The molecule has 0 unspecified atom stereocenters. The van der Waals surface area contributed by atoms with Gasteiger partial charge in [0.05, 0.1) is 11.9 Å². The van der Waals surface area contributed by atoms with Crippen molar-refractivity contribution in [2.24, 2.45) is 0 Å². The predicted octanol–water partition coefficient (Wildman–Crippen LogP) is 3.44. The minimum absolute atomic E-state index is 0.625. The van der Waals surface area contributed by atoms with E-state index in [0.29, 0.717) is 5.57 Å². The van der Waals surface area contributed by atoms with E-state index in [2.05, 4.69) is 23.1 Å². The van der Waals surface area contributed by atoms with Gasteiger partial charge in [0.2, 0.25) is 0 Å². The SMILES string of the molecule is C=C/C(C(=C)C=N)=C(/C=C\C)c1cnc(C)[nH]1. The van der Waals surface area contributed by atoms with Crippen LogP contribution in [0.3, 0.4) is 0 Å². The Morgan fingerprint density at radius 2 is 2.24 bits per heavy atom. The summed E-state index contributed by atoms with van der Waals surface area (Å²) in [7, 11) is 0. The Kier molecular flexibility index (Phi) is 4.40. The number of hydrogen-bond acceptors (Lipinski definition) is 2. The highest BCUT2D eigenvalue weighted by Gasteiger charge is 2.08. The summed E-state index contributed by atoms with van der Waals surface area (Å²) in [6.07, 6.45) is 8.60. The number of nitrogens with one attached hydrogen (secondary N) is 2. The van der Waals surface area contributed by atoms with Crippen molar-refractivity contribution in [1.82, 2.24) is 9.97 Å². The minimum atomic E-state index is 0.625. The van der Waals surface area contributed by atoms with E-state index in [1.165, 1.54) is 6.21 Å². The molecule has 0 fully saturated rings. The summed E-state index contributed by atoms with van der Waals surface area (Å²) >= 11 is 0. The highest BCUT2D eigenvalue weighted by Crippen LogP contribution is 2.23. The lowest BCUT2D eigenvalue weighted by Gasteiger charge is -2.07. The van der Waals surface area contributed by atoms with Gasteiger partial charge in [0, 0.05) is 11.8 Å². The van der Waals surface area contributed by atoms with E-state index in [1.54, 1.807) is 12.3 Å². The molecule has 1 heterocycles. The number of nitrogens with zero attached hydrogens (tertiary/aromatic N) is 1. The zero-order valence-electron chi connectivity index (χ0n) is 10.2. The molecule has 0 amide bonds.